The van der Waals surface area contributed by atoms with Gasteiger partial charge in [-0.1, -0.05) is 23.5 Å². The van der Waals surface area contributed by atoms with Crippen molar-refractivity contribution in [2.24, 2.45) is 0 Å². The number of aryl methyl sites for hydroxylation is 1. The number of benzene rings is 1. The lowest BCUT2D eigenvalue weighted by Gasteiger charge is -2.00. The van der Waals surface area contributed by atoms with Crippen LogP contribution in [-0.4, -0.2) is 28.2 Å². The third-order valence-corrected chi connectivity index (χ3v) is 4.80. The van der Waals surface area contributed by atoms with Crippen LogP contribution in [0.3, 0.4) is 0 Å². The fourth-order valence-electron chi connectivity index (χ4n) is 1.92. The molecule has 1 N–H and O–H groups in total. The molecule has 0 unspecified atom stereocenters. The molecule has 0 spiro atoms. The molecule has 0 saturated carbocycles. The number of rotatable bonds is 5. The number of ether oxygens (including phenoxy) is 1. The largest absolute Gasteiger partial charge is 0.497 e. The highest BCUT2D eigenvalue weighted by Crippen LogP contribution is 2.21. The lowest BCUT2D eigenvalue weighted by molar-refractivity contribution is 0.103. The summed E-state index contributed by atoms with van der Waals surface area (Å²) in [6, 6.07) is 7.79. The minimum Gasteiger partial charge on any atom is -0.497 e. The number of carbonyl (C=O) groups is 1. The molecule has 8 heteroatoms. The van der Waals surface area contributed by atoms with Gasteiger partial charge in [-0.2, -0.15) is 0 Å². The lowest BCUT2D eigenvalue weighted by atomic mass is 10.1. The number of nitrogens with zero attached hydrogens (tertiary/aromatic N) is 3. The van der Waals surface area contributed by atoms with Crippen LogP contribution in [0.1, 0.15) is 25.3 Å². The van der Waals surface area contributed by atoms with Gasteiger partial charge in [0.1, 0.15) is 15.6 Å². The molecule has 6 nitrogen and oxygen atoms in total. The van der Waals surface area contributed by atoms with E-state index >= 15 is 0 Å². The molecule has 0 aliphatic carbocycles. The zero-order valence-corrected chi connectivity index (χ0v) is 14.2. The van der Waals surface area contributed by atoms with E-state index in [9.17, 15) is 4.79 Å². The van der Waals surface area contributed by atoms with Gasteiger partial charge in [-0.15, -0.1) is 21.5 Å². The average Bonchev–Trinajstić information content (AvgIpc) is 3.17. The molecule has 0 radical (unpaired) electrons. The van der Waals surface area contributed by atoms with Gasteiger partial charge < -0.3 is 4.74 Å². The van der Waals surface area contributed by atoms with Gasteiger partial charge >= 0.3 is 0 Å². The van der Waals surface area contributed by atoms with Crippen molar-refractivity contribution in [1.82, 2.24) is 15.2 Å². The molecule has 118 valence electrons. The maximum atomic E-state index is 12.0. The zero-order chi connectivity index (χ0) is 16.2. The first-order chi connectivity index (χ1) is 11.1. The molecular weight excluding hydrogens is 332 g/mol. The fraction of sp³-hybridized carbons (Fsp3) is 0.200. The number of thiazole rings is 1. The van der Waals surface area contributed by atoms with Gasteiger partial charge in [-0.25, -0.2) is 4.98 Å². The fourth-order valence-corrected chi connectivity index (χ4v) is 3.36. The Bertz CT molecular complexity index is 811. The highest BCUT2D eigenvalue weighted by atomic mass is 32.1. The van der Waals surface area contributed by atoms with Crippen molar-refractivity contribution in [2.45, 2.75) is 13.3 Å². The number of hydrogen-bond donors (Lipinski definition) is 1. The van der Waals surface area contributed by atoms with Crippen molar-refractivity contribution in [2.75, 3.05) is 12.4 Å². The van der Waals surface area contributed by atoms with Gasteiger partial charge in [0, 0.05) is 6.42 Å². The Morgan fingerprint density at radius 3 is 2.65 bits per heavy atom. The Hall–Kier alpha value is -2.32. The maximum Gasteiger partial charge on any atom is 0.269 e. The third-order valence-electron chi connectivity index (χ3n) is 3.05. The van der Waals surface area contributed by atoms with Crippen molar-refractivity contribution in [3.63, 3.8) is 0 Å². The smallest absolute Gasteiger partial charge is 0.269 e. The monoisotopic (exact) mass is 346 g/mol. The molecule has 3 aromatic rings. The third kappa shape index (κ3) is 3.91. The van der Waals surface area contributed by atoms with Gasteiger partial charge in [-0.3, -0.25) is 10.1 Å². The molecule has 23 heavy (non-hydrogen) atoms. The summed E-state index contributed by atoms with van der Waals surface area (Å²) >= 11 is 2.72. The highest BCUT2D eigenvalue weighted by molar-refractivity contribution is 7.16. The number of carbonyl (C=O) groups excluding carboxylic acids is 1. The van der Waals surface area contributed by atoms with Gasteiger partial charge in [0.2, 0.25) is 5.13 Å². The molecular formula is C15H14N4O2S2. The minimum atomic E-state index is -0.206. The minimum absolute atomic E-state index is 0.206. The number of amides is 1. The summed E-state index contributed by atoms with van der Waals surface area (Å²) < 4.78 is 5.13. The van der Waals surface area contributed by atoms with E-state index in [1.165, 1.54) is 22.7 Å². The van der Waals surface area contributed by atoms with Crippen LogP contribution in [0.5, 0.6) is 5.75 Å². The summed E-state index contributed by atoms with van der Waals surface area (Å²) in [5.41, 5.74) is 1.11. The average molecular weight is 346 g/mol. The van der Waals surface area contributed by atoms with Crippen molar-refractivity contribution < 1.29 is 9.53 Å². The van der Waals surface area contributed by atoms with E-state index in [1.807, 2.05) is 31.2 Å². The van der Waals surface area contributed by atoms with Crippen LogP contribution in [0, 0.1) is 6.92 Å². The molecule has 0 aliphatic heterocycles. The molecule has 0 saturated heterocycles. The topological polar surface area (TPSA) is 77.0 Å². The molecule has 0 atom stereocenters. The molecule has 0 bridgehead atoms. The van der Waals surface area contributed by atoms with E-state index in [0.717, 1.165) is 21.3 Å². The highest BCUT2D eigenvalue weighted by Gasteiger charge is 2.12. The molecule has 3 rings (SSSR count). The van der Waals surface area contributed by atoms with Crippen LogP contribution < -0.4 is 10.1 Å². The van der Waals surface area contributed by atoms with Gasteiger partial charge in [0.15, 0.2) is 0 Å². The zero-order valence-electron chi connectivity index (χ0n) is 12.6. The SMILES string of the molecule is COc1ccc(Cc2nnc(NC(=O)c3cnc(C)s3)s2)cc1. The van der Waals surface area contributed by atoms with E-state index in [2.05, 4.69) is 20.5 Å². The number of nitrogens with one attached hydrogen (secondary N) is 1. The van der Waals surface area contributed by atoms with Crippen LogP contribution in [0.2, 0.25) is 0 Å². The van der Waals surface area contributed by atoms with Crippen molar-refractivity contribution in [3.8, 4) is 5.75 Å². The van der Waals surface area contributed by atoms with Crippen LogP contribution in [0.25, 0.3) is 0 Å². The molecule has 1 amide bonds. The summed E-state index contributed by atoms with van der Waals surface area (Å²) in [5, 5.41) is 13.1. The van der Waals surface area contributed by atoms with Crippen LogP contribution in [0.15, 0.2) is 30.5 Å². The van der Waals surface area contributed by atoms with E-state index in [0.29, 0.717) is 16.4 Å². The summed E-state index contributed by atoms with van der Waals surface area (Å²) in [5.74, 6) is 0.613. The summed E-state index contributed by atoms with van der Waals surface area (Å²) in [6.45, 7) is 1.86. The van der Waals surface area contributed by atoms with Crippen LogP contribution >= 0.6 is 22.7 Å². The first-order valence-electron chi connectivity index (χ1n) is 6.83. The van der Waals surface area contributed by atoms with Crippen molar-refractivity contribution >= 4 is 33.7 Å². The van der Waals surface area contributed by atoms with Crippen LogP contribution in [-0.2, 0) is 6.42 Å². The molecule has 2 heterocycles. The second-order valence-corrected chi connectivity index (χ2v) is 7.02. The summed E-state index contributed by atoms with van der Waals surface area (Å²) in [4.78, 5) is 16.7. The quantitative estimate of drug-likeness (QED) is 0.768. The Balaban J connectivity index is 1.64. The summed E-state index contributed by atoms with van der Waals surface area (Å²) in [6.07, 6.45) is 2.23. The van der Waals surface area contributed by atoms with Gasteiger partial charge in [0.05, 0.1) is 18.3 Å². The van der Waals surface area contributed by atoms with E-state index in [4.69, 9.17) is 4.74 Å². The molecule has 0 fully saturated rings. The van der Waals surface area contributed by atoms with Crippen molar-refractivity contribution in [3.05, 3.63) is 50.9 Å². The first-order valence-corrected chi connectivity index (χ1v) is 8.46. The standard InChI is InChI=1S/C15H14N4O2S2/c1-9-16-8-12(22-9)14(20)17-15-19-18-13(23-15)7-10-3-5-11(21-2)6-4-10/h3-6,8H,7H2,1-2H3,(H,17,19,20). The first kappa shape index (κ1) is 15.6. The predicted molar refractivity (Wildman–Crippen MR) is 90.5 cm³/mol. The van der Waals surface area contributed by atoms with Gasteiger partial charge in [0.25, 0.3) is 5.91 Å². The predicted octanol–water partition coefficient (Wildman–Crippen LogP) is 3.15. The van der Waals surface area contributed by atoms with Gasteiger partial charge in [-0.05, 0) is 24.6 Å². The Morgan fingerprint density at radius 1 is 1.22 bits per heavy atom. The maximum absolute atomic E-state index is 12.0. The second-order valence-electron chi connectivity index (χ2n) is 4.72. The number of anilines is 1. The second kappa shape index (κ2) is 6.84. The normalized spacial score (nSPS) is 10.5. The number of aromatic nitrogens is 3. The van der Waals surface area contributed by atoms with E-state index in [-0.39, 0.29) is 5.91 Å². The van der Waals surface area contributed by atoms with E-state index < -0.39 is 0 Å². The summed E-state index contributed by atoms with van der Waals surface area (Å²) in [7, 11) is 1.64. The Labute approximate surface area is 141 Å². The Morgan fingerprint density at radius 2 is 2.00 bits per heavy atom. The number of methoxy groups -OCH3 is 1. The molecule has 0 aliphatic rings. The van der Waals surface area contributed by atoms with Crippen molar-refractivity contribution in [1.29, 1.82) is 0 Å². The Kier molecular flexibility index (Phi) is 4.63. The molecule has 2 aromatic heterocycles. The number of hydrogen-bond acceptors (Lipinski definition) is 7. The van der Waals surface area contributed by atoms with Crippen LogP contribution in [0.4, 0.5) is 5.13 Å². The molecule has 1 aromatic carbocycles. The lowest BCUT2D eigenvalue weighted by Crippen LogP contribution is -2.09. The van der Waals surface area contributed by atoms with E-state index in [1.54, 1.807) is 13.3 Å².